The molecule has 1 aliphatic rings. The molecule has 0 radical (unpaired) electrons. The second-order valence-electron chi connectivity index (χ2n) is 6.48. The number of phenols is 3. The lowest BCUT2D eigenvalue weighted by atomic mass is 9.84. The van der Waals surface area contributed by atoms with Gasteiger partial charge in [-0.05, 0) is 67.4 Å². The zero-order chi connectivity index (χ0) is 18.9. The van der Waals surface area contributed by atoms with Gasteiger partial charge in [-0.15, -0.1) is 0 Å². The third-order valence-corrected chi connectivity index (χ3v) is 6.29. The maximum atomic E-state index is 12.0. The fourth-order valence-corrected chi connectivity index (χ4v) is 4.18. The Kier molecular flexibility index (Phi) is 5.08. The molecule has 1 saturated heterocycles. The number of hydrogen-bond acceptors (Lipinski definition) is 6. The van der Waals surface area contributed by atoms with Gasteiger partial charge in [0.25, 0.3) is 0 Å². The normalized spacial score (nSPS) is 20.3. The highest BCUT2D eigenvalue weighted by molar-refractivity contribution is 7.89. The van der Waals surface area contributed by atoms with Crippen molar-refractivity contribution < 1.29 is 23.7 Å². The van der Waals surface area contributed by atoms with Crippen molar-refractivity contribution in [3.8, 4) is 17.2 Å². The molecule has 2 atom stereocenters. The smallest absolute Gasteiger partial charge is 0.240 e. The van der Waals surface area contributed by atoms with Crippen LogP contribution < -0.4 is 10.0 Å². The first-order valence-electron chi connectivity index (χ1n) is 8.30. The number of aromatic hydroxyl groups is 3. The highest BCUT2D eigenvalue weighted by Gasteiger charge is 2.30. The molecule has 1 fully saturated rings. The van der Waals surface area contributed by atoms with Gasteiger partial charge in [-0.3, -0.25) is 0 Å². The van der Waals surface area contributed by atoms with E-state index in [-0.39, 0.29) is 34.0 Å². The molecule has 1 aliphatic heterocycles. The molecular formula is C18H22N2O5S. The van der Waals surface area contributed by atoms with Crippen LogP contribution in [0.4, 0.5) is 0 Å². The molecule has 1 heterocycles. The summed E-state index contributed by atoms with van der Waals surface area (Å²) in [5, 5.41) is 32.7. The molecule has 7 nitrogen and oxygen atoms in total. The molecule has 26 heavy (non-hydrogen) atoms. The van der Waals surface area contributed by atoms with Crippen LogP contribution in [0, 0.1) is 5.92 Å². The van der Waals surface area contributed by atoms with E-state index in [2.05, 4.69) is 10.0 Å². The summed E-state index contributed by atoms with van der Waals surface area (Å²) in [6.07, 6.45) is 0.484. The van der Waals surface area contributed by atoms with Crippen LogP contribution in [0.25, 0.3) is 0 Å². The standard InChI is InChI=1S/C18H22N2O5S/c1-19-26(24,25)14-3-5-16(21)12(7-14)6-13-9-20-10-15(13)11-2-4-17(22)18(23)8-11/h2-5,7-8,13,15,19-23H,6,9-10H2,1H3/t13-,15+/m1/s1. The van der Waals surface area contributed by atoms with Gasteiger partial charge >= 0.3 is 0 Å². The fraction of sp³-hybridized carbons (Fsp3) is 0.333. The minimum absolute atomic E-state index is 0.0549. The van der Waals surface area contributed by atoms with E-state index in [9.17, 15) is 23.7 Å². The van der Waals surface area contributed by atoms with Crippen LogP contribution in [-0.2, 0) is 16.4 Å². The fourth-order valence-electron chi connectivity index (χ4n) is 3.40. The number of phenolic OH excluding ortho intramolecular Hbond substituents is 3. The lowest BCUT2D eigenvalue weighted by Gasteiger charge is -2.20. The summed E-state index contributed by atoms with van der Waals surface area (Å²) in [4.78, 5) is 0.109. The second-order valence-corrected chi connectivity index (χ2v) is 8.36. The van der Waals surface area contributed by atoms with E-state index < -0.39 is 10.0 Å². The molecule has 5 N–H and O–H groups in total. The van der Waals surface area contributed by atoms with Gasteiger partial charge in [0.15, 0.2) is 11.5 Å². The van der Waals surface area contributed by atoms with Crippen LogP contribution in [0.15, 0.2) is 41.3 Å². The van der Waals surface area contributed by atoms with Crippen molar-refractivity contribution in [2.45, 2.75) is 17.2 Å². The van der Waals surface area contributed by atoms with E-state index >= 15 is 0 Å². The number of rotatable bonds is 5. The Morgan fingerprint density at radius 1 is 1.04 bits per heavy atom. The predicted molar refractivity (Wildman–Crippen MR) is 96.9 cm³/mol. The molecule has 3 rings (SSSR count). The van der Waals surface area contributed by atoms with Gasteiger partial charge in [0.05, 0.1) is 4.90 Å². The van der Waals surface area contributed by atoms with Crippen LogP contribution in [0.1, 0.15) is 17.0 Å². The maximum absolute atomic E-state index is 12.0. The summed E-state index contributed by atoms with van der Waals surface area (Å²) in [6.45, 7) is 1.40. The van der Waals surface area contributed by atoms with Crippen molar-refractivity contribution >= 4 is 10.0 Å². The van der Waals surface area contributed by atoms with Crippen LogP contribution in [-0.4, -0.2) is 43.9 Å². The molecule has 140 valence electrons. The van der Waals surface area contributed by atoms with Crippen molar-refractivity contribution in [2.75, 3.05) is 20.1 Å². The van der Waals surface area contributed by atoms with Gasteiger partial charge in [0.2, 0.25) is 10.0 Å². The summed E-state index contributed by atoms with van der Waals surface area (Å²) < 4.78 is 26.3. The maximum Gasteiger partial charge on any atom is 0.240 e. The third-order valence-electron chi connectivity index (χ3n) is 4.88. The van der Waals surface area contributed by atoms with Gasteiger partial charge in [-0.1, -0.05) is 6.07 Å². The van der Waals surface area contributed by atoms with Gasteiger partial charge in [0, 0.05) is 12.5 Å². The largest absolute Gasteiger partial charge is 0.508 e. The molecule has 8 heteroatoms. The van der Waals surface area contributed by atoms with Crippen molar-refractivity contribution in [3.63, 3.8) is 0 Å². The van der Waals surface area contributed by atoms with Crippen LogP contribution >= 0.6 is 0 Å². The van der Waals surface area contributed by atoms with E-state index in [1.54, 1.807) is 12.1 Å². The van der Waals surface area contributed by atoms with E-state index in [1.807, 2.05) is 0 Å². The molecule has 0 bridgehead atoms. The first kappa shape index (κ1) is 18.5. The molecular weight excluding hydrogens is 356 g/mol. The Bertz CT molecular complexity index is 914. The highest BCUT2D eigenvalue weighted by atomic mass is 32.2. The van der Waals surface area contributed by atoms with Crippen LogP contribution in [0.5, 0.6) is 17.2 Å². The van der Waals surface area contributed by atoms with Crippen molar-refractivity contribution in [1.29, 1.82) is 0 Å². The molecule has 0 aliphatic carbocycles. The van der Waals surface area contributed by atoms with E-state index in [1.165, 1.54) is 31.3 Å². The van der Waals surface area contributed by atoms with Crippen LogP contribution in [0.3, 0.4) is 0 Å². The quantitative estimate of drug-likeness (QED) is 0.500. The Balaban J connectivity index is 1.88. The summed E-state index contributed by atoms with van der Waals surface area (Å²) in [7, 11) is -2.24. The lowest BCUT2D eigenvalue weighted by molar-refractivity contribution is 0.401. The number of benzene rings is 2. The number of hydrogen-bond donors (Lipinski definition) is 5. The summed E-state index contributed by atoms with van der Waals surface area (Å²) >= 11 is 0. The van der Waals surface area contributed by atoms with Gasteiger partial charge in [0.1, 0.15) is 5.75 Å². The average molecular weight is 378 g/mol. The highest BCUT2D eigenvalue weighted by Crippen LogP contribution is 2.36. The number of sulfonamides is 1. The second kappa shape index (κ2) is 7.14. The zero-order valence-electron chi connectivity index (χ0n) is 14.3. The van der Waals surface area contributed by atoms with Crippen LogP contribution in [0.2, 0.25) is 0 Å². The molecule has 0 unspecified atom stereocenters. The SMILES string of the molecule is CNS(=O)(=O)c1ccc(O)c(C[C@@H]2CNC[C@H]2c2ccc(O)c(O)c2)c1. The van der Waals surface area contributed by atoms with Crippen molar-refractivity contribution in [1.82, 2.24) is 10.0 Å². The van der Waals surface area contributed by atoms with E-state index in [4.69, 9.17) is 0 Å². The zero-order valence-corrected chi connectivity index (χ0v) is 15.1. The monoisotopic (exact) mass is 378 g/mol. The number of nitrogens with one attached hydrogen (secondary N) is 2. The molecule has 0 amide bonds. The topological polar surface area (TPSA) is 119 Å². The Labute approximate surface area is 152 Å². The third kappa shape index (κ3) is 3.62. The Morgan fingerprint density at radius 3 is 2.46 bits per heavy atom. The van der Waals surface area contributed by atoms with Gasteiger partial charge in [-0.2, -0.15) is 0 Å². The lowest BCUT2D eigenvalue weighted by Crippen LogP contribution is -2.19. The first-order valence-corrected chi connectivity index (χ1v) is 9.78. The summed E-state index contributed by atoms with van der Waals surface area (Å²) in [5.74, 6) is -0.0981. The minimum Gasteiger partial charge on any atom is -0.508 e. The van der Waals surface area contributed by atoms with E-state index in [0.29, 0.717) is 25.1 Å². The molecule has 0 aromatic heterocycles. The minimum atomic E-state index is -3.58. The molecule has 0 spiro atoms. The predicted octanol–water partition coefficient (Wildman–Crippen LogP) is 1.26. The van der Waals surface area contributed by atoms with Crippen molar-refractivity contribution in [3.05, 3.63) is 47.5 Å². The van der Waals surface area contributed by atoms with Gasteiger partial charge < -0.3 is 20.6 Å². The first-order chi connectivity index (χ1) is 12.3. The van der Waals surface area contributed by atoms with E-state index in [0.717, 1.165) is 5.56 Å². The Morgan fingerprint density at radius 2 is 1.77 bits per heavy atom. The van der Waals surface area contributed by atoms with Crippen molar-refractivity contribution in [2.24, 2.45) is 5.92 Å². The Hall–Kier alpha value is -2.29. The molecule has 2 aromatic rings. The molecule has 0 saturated carbocycles. The van der Waals surface area contributed by atoms with Gasteiger partial charge in [-0.25, -0.2) is 13.1 Å². The summed E-state index contributed by atoms with van der Waals surface area (Å²) in [5.41, 5.74) is 1.44. The summed E-state index contributed by atoms with van der Waals surface area (Å²) in [6, 6.07) is 9.02. The average Bonchev–Trinajstić information content (AvgIpc) is 3.07. The molecule has 2 aromatic carbocycles.